The number of piperazine rings is 1. The van der Waals surface area contributed by atoms with Crippen molar-refractivity contribution in [3.05, 3.63) is 33.3 Å². The van der Waals surface area contributed by atoms with Crippen molar-refractivity contribution in [2.24, 2.45) is 0 Å². The molecule has 2 aliphatic rings. The Hall–Kier alpha value is -1.07. The van der Waals surface area contributed by atoms with Gasteiger partial charge >= 0.3 is 0 Å². The molecule has 1 aromatic carbocycles. The highest BCUT2D eigenvalue weighted by Crippen LogP contribution is 2.25. The molecule has 20 heavy (non-hydrogen) atoms. The summed E-state index contributed by atoms with van der Waals surface area (Å²) >= 11 is 9.34. The highest BCUT2D eigenvalue weighted by atomic mass is 79.9. The lowest BCUT2D eigenvalue weighted by atomic mass is 10.1. The number of hydrogen-bond donors (Lipinski definition) is 0. The van der Waals surface area contributed by atoms with E-state index in [0.717, 1.165) is 10.9 Å². The zero-order valence-electron chi connectivity index (χ0n) is 10.8. The predicted octanol–water partition coefficient (Wildman–Crippen LogP) is 2.55. The van der Waals surface area contributed by atoms with E-state index in [1.54, 1.807) is 18.2 Å². The summed E-state index contributed by atoms with van der Waals surface area (Å²) in [5.41, 5.74) is 0.585. The van der Waals surface area contributed by atoms with Crippen LogP contribution in [0, 0.1) is 0 Å². The number of fused-ring (bicyclic) bond motifs is 1. The van der Waals surface area contributed by atoms with Crippen molar-refractivity contribution >= 4 is 39.3 Å². The summed E-state index contributed by atoms with van der Waals surface area (Å²) in [7, 11) is 0. The third-order valence-corrected chi connectivity index (χ3v) is 4.57. The standard InChI is InChI=1S/C14H14BrClN2O2/c15-10-5-9(6-11(16)7-10)14(20)17-3-4-18-12(8-17)1-2-13(18)19/h5-7,12H,1-4,8H2. The Morgan fingerprint density at radius 2 is 2.10 bits per heavy atom. The molecule has 3 rings (SSSR count). The second-order valence-electron chi connectivity index (χ2n) is 5.19. The number of carbonyl (C=O) groups excluding carboxylic acids is 2. The molecule has 106 valence electrons. The predicted molar refractivity (Wildman–Crippen MR) is 79.8 cm³/mol. The van der Waals surface area contributed by atoms with Crippen molar-refractivity contribution in [2.45, 2.75) is 18.9 Å². The van der Waals surface area contributed by atoms with Crippen LogP contribution in [0.25, 0.3) is 0 Å². The molecule has 4 nitrogen and oxygen atoms in total. The Balaban J connectivity index is 1.76. The molecule has 2 saturated heterocycles. The van der Waals surface area contributed by atoms with Gasteiger partial charge in [-0.25, -0.2) is 0 Å². The Kier molecular flexibility index (Phi) is 3.73. The molecule has 1 atom stereocenters. The van der Waals surface area contributed by atoms with Crippen molar-refractivity contribution in [1.29, 1.82) is 0 Å². The Morgan fingerprint density at radius 3 is 2.85 bits per heavy atom. The zero-order valence-corrected chi connectivity index (χ0v) is 13.2. The van der Waals surface area contributed by atoms with Gasteiger partial charge in [0.25, 0.3) is 5.91 Å². The van der Waals surface area contributed by atoms with E-state index in [1.807, 2.05) is 9.80 Å². The summed E-state index contributed by atoms with van der Waals surface area (Å²) in [5.74, 6) is 0.194. The minimum atomic E-state index is -0.0211. The second kappa shape index (κ2) is 5.37. The molecule has 2 aliphatic heterocycles. The van der Waals surface area contributed by atoms with E-state index in [2.05, 4.69) is 15.9 Å². The van der Waals surface area contributed by atoms with Crippen molar-refractivity contribution in [1.82, 2.24) is 9.80 Å². The highest BCUT2D eigenvalue weighted by Gasteiger charge is 2.37. The molecule has 1 unspecified atom stereocenters. The third kappa shape index (κ3) is 2.56. The zero-order chi connectivity index (χ0) is 14.3. The van der Waals surface area contributed by atoms with Crippen molar-refractivity contribution in [2.75, 3.05) is 19.6 Å². The van der Waals surface area contributed by atoms with Gasteiger partial charge in [-0.1, -0.05) is 27.5 Å². The van der Waals surface area contributed by atoms with Crippen molar-refractivity contribution in [3.63, 3.8) is 0 Å². The van der Waals surface area contributed by atoms with E-state index in [1.165, 1.54) is 0 Å². The first kappa shape index (κ1) is 13.9. The van der Waals surface area contributed by atoms with E-state index in [-0.39, 0.29) is 17.9 Å². The average molecular weight is 358 g/mol. The molecule has 0 aromatic heterocycles. The number of hydrogen-bond acceptors (Lipinski definition) is 2. The fourth-order valence-corrected chi connectivity index (χ4v) is 3.77. The lowest BCUT2D eigenvalue weighted by Gasteiger charge is -2.37. The van der Waals surface area contributed by atoms with Crippen LogP contribution in [0.2, 0.25) is 5.02 Å². The normalized spacial score (nSPS) is 22.1. The average Bonchev–Trinajstić information content (AvgIpc) is 2.78. The number of halogens is 2. The summed E-state index contributed by atoms with van der Waals surface area (Å²) in [6.07, 6.45) is 1.46. The summed E-state index contributed by atoms with van der Waals surface area (Å²) in [6, 6.07) is 5.40. The molecule has 0 N–H and O–H groups in total. The van der Waals surface area contributed by atoms with Gasteiger partial charge in [-0.3, -0.25) is 9.59 Å². The number of rotatable bonds is 1. The maximum absolute atomic E-state index is 12.5. The van der Waals surface area contributed by atoms with E-state index < -0.39 is 0 Å². The van der Waals surface area contributed by atoms with E-state index in [0.29, 0.717) is 36.6 Å². The summed E-state index contributed by atoms with van der Waals surface area (Å²) in [6.45, 7) is 1.84. The largest absolute Gasteiger partial charge is 0.336 e. The van der Waals surface area contributed by atoms with Crippen molar-refractivity contribution in [3.8, 4) is 0 Å². The quantitative estimate of drug-likeness (QED) is 0.775. The second-order valence-corrected chi connectivity index (χ2v) is 6.54. The van der Waals surface area contributed by atoms with Crippen LogP contribution >= 0.6 is 27.5 Å². The van der Waals surface area contributed by atoms with E-state index in [9.17, 15) is 9.59 Å². The van der Waals surface area contributed by atoms with Gasteiger partial charge in [0.2, 0.25) is 5.91 Å². The fraction of sp³-hybridized carbons (Fsp3) is 0.429. The van der Waals surface area contributed by atoms with Gasteiger partial charge in [0, 0.05) is 47.2 Å². The molecule has 0 spiro atoms. The topological polar surface area (TPSA) is 40.6 Å². The van der Waals surface area contributed by atoms with Gasteiger partial charge in [0.15, 0.2) is 0 Å². The van der Waals surface area contributed by atoms with E-state index in [4.69, 9.17) is 11.6 Å². The fourth-order valence-electron chi connectivity index (χ4n) is 2.91. The Bertz CT molecular complexity index is 558. The van der Waals surface area contributed by atoms with Crippen LogP contribution in [0.15, 0.2) is 22.7 Å². The van der Waals surface area contributed by atoms with Gasteiger partial charge in [0.1, 0.15) is 0 Å². The van der Waals surface area contributed by atoms with E-state index >= 15 is 0 Å². The third-order valence-electron chi connectivity index (χ3n) is 3.89. The van der Waals surface area contributed by atoms with Crippen LogP contribution in [0.3, 0.4) is 0 Å². The maximum atomic E-state index is 12.5. The Labute approximate surface area is 130 Å². The van der Waals surface area contributed by atoms with Crippen LogP contribution in [-0.2, 0) is 4.79 Å². The molecular formula is C14H14BrClN2O2. The molecular weight excluding hydrogens is 344 g/mol. The minimum Gasteiger partial charge on any atom is -0.336 e. The molecule has 1 aromatic rings. The number of benzene rings is 1. The maximum Gasteiger partial charge on any atom is 0.254 e. The van der Waals surface area contributed by atoms with Crippen LogP contribution in [0.4, 0.5) is 0 Å². The highest BCUT2D eigenvalue weighted by molar-refractivity contribution is 9.10. The molecule has 0 radical (unpaired) electrons. The minimum absolute atomic E-state index is 0.0211. The van der Waals surface area contributed by atoms with Crippen LogP contribution in [-0.4, -0.2) is 47.3 Å². The molecule has 0 aliphatic carbocycles. The van der Waals surface area contributed by atoms with Gasteiger partial charge < -0.3 is 9.80 Å². The molecule has 6 heteroatoms. The van der Waals surface area contributed by atoms with Gasteiger partial charge in [0.05, 0.1) is 0 Å². The number of nitrogens with zero attached hydrogens (tertiary/aromatic N) is 2. The smallest absolute Gasteiger partial charge is 0.254 e. The summed E-state index contributed by atoms with van der Waals surface area (Å²) in [5, 5.41) is 0.539. The first-order valence-electron chi connectivity index (χ1n) is 6.59. The van der Waals surface area contributed by atoms with Gasteiger partial charge in [-0.2, -0.15) is 0 Å². The molecule has 0 bridgehead atoms. The van der Waals surface area contributed by atoms with Crippen LogP contribution < -0.4 is 0 Å². The van der Waals surface area contributed by atoms with Crippen molar-refractivity contribution < 1.29 is 9.59 Å². The van der Waals surface area contributed by atoms with Gasteiger partial charge in [-0.05, 0) is 24.6 Å². The van der Waals surface area contributed by atoms with Gasteiger partial charge in [-0.15, -0.1) is 0 Å². The number of carbonyl (C=O) groups is 2. The molecule has 2 amide bonds. The lowest BCUT2D eigenvalue weighted by molar-refractivity contribution is -0.130. The lowest BCUT2D eigenvalue weighted by Crippen LogP contribution is -2.53. The molecule has 2 fully saturated rings. The molecule has 2 heterocycles. The summed E-state index contributed by atoms with van der Waals surface area (Å²) in [4.78, 5) is 27.9. The number of amides is 2. The molecule has 0 saturated carbocycles. The monoisotopic (exact) mass is 356 g/mol. The van der Waals surface area contributed by atoms with Crippen LogP contribution in [0.1, 0.15) is 23.2 Å². The summed E-state index contributed by atoms with van der Waals surface area (Å²) < 4.78 is 0.794. The first-order valence-corrected chi connectivity index (χ1v) is 7.76. The SMILES string of the molecule is O=C(c1cc(Cl)cc(Br)c1)N1CCN2C(=O)CCC2C1. The Morgan fingerprint density at radius 1 is 1.30 bits per heavy atom. The van der Waals surface area contributed by atoms with Crippen LogP contribution in [0.5, 0.6) is 0 Å². The first-order chi connectivity index (χ1) is 9.54.